The summed E-state index contributed by atoms with van der Waals surface area (Å²) in [6, 6.07) is 0. The molecule has 0 spiro atoms. The Kier molecular flexibility index (Phi) is 4.48. The molecule has 4 heteroatoms. The Bertz CT molecular complexity index is 45.6. The summed E-state index contributed by atoms with van der Waals surface area (Å²) in [5.74, 6) is 0. The van der Waals surface area contributed by atoms with Crippen molar-refractivity contribution in [1.29, 1.82) is 0 Å². The molecule has 0 bridgehead atoms. The van der Waals surface area contributed by atoms with Crippen LogP contribution in [-0.4, -0.2) is 27.6 Å². The number of hydrogen-bond acceptors (Lipinski definition) is 0. The van der Waals surface area contributed by atoms with Crippen LogP contribution in [0.2, 0.25) is 6.82 Å². The van der Waals surface area contributed by atoms with Gasteiger partial charge in [-0.1, -0.05) is 0 Å². The van der Waals surface area contributed by atoms with Crippen LogP contribution in [0, 0.1) is 0 Å². The summed E-state index contributed by atoms with van der Waals surface area (Å²) in [4.78, 5) is 0. The van der Waals surface area contributed by atoms with Gasteiger partial charge in [-0.15, -0.1) is 0 Å². The van der Waals surface area contributed by atoms with E-state index in [-0.39, 0.29) is 0 Å². The van der Waals surface area contributed by atoms with E-state index in [0.29, 0.717) is 0 Å². The van der Waals surface area contributed by atoms with Gasteiger partial charge in [0.05, 0.1) is 0 Å². The van der Waals surface area contributed by atoms with Gasteiger partial charge in [0, 0.05) is 0 Å². The minimum absolute atomic E-state index is 1.50. The second-order valence-corrected chi connectivity index (χ2v) is 0.718. The van der Waals surface area contributed by atoms with Crippen molar-refractivity contribution in [3.05, 3.63) is 0 Å². The Morgan fingerprint density at radius 2 is 2.20 bits per heavy atom. The second-order valence-electron chi connectivity index (χ2n) is 0.718. The normalized spacial score (nSPS) is 4.80. The Morgan fingerprint density at radius 3 is 2.20 bits per heavy atom. The SMILES string of the molecule is [B]=BB=BC. The maximum absolute atomic E-state index is 4.93. The van der Waals surface area contributed by atoms with Crippen molar-refractivity contribution in [2.24, 2.45) is 0 Å². The monoisotopic (exact) mass is 59.1 g/mol. The molecule has 0 fully saturated rings. The summed E-state index contributed by atoms with van der Waals surface area (Å²) in [7, 11) is 4.93. The van der Waals surface area contributed by atoms with Crippen molar-refractivity contribution >= 4 is 27.6 Å². The number of rotatable bonds is 1. The quantitative estimate of drug-likeness (QED) is 0.341. The average molecular weight is 58.3 g/mol. The first-order chi connectivity index (χ1) is 2.41. The molecule has 0 aliphatic rings. The summed E-state index contributed by atoms with van der Waals surface area (Å²) in [5, 5.41) is 0. The van der Waals surface area contributed by atoms with E-state index in [1.807, 2.05) is 13.6 Å². The Balaban J connectivity index is 2.92. The molecule has 0 aromatic rings. The van der Waals surface area contributed by atoms with Gasteiger partial charge < -0.3 is 0 Å². The molecule has 5 heavy (non-hydrogen) atoms. The molecule has 0 saturated carbocycles. The molecule has 1 radical (unpaired) electrons. The second kappa shape index (κ2) is 4.26. The van der Waals surface area contributed by atoms with E-state index < -0.39 is 0 Å². The summed E-state index contributed by atoms with van der Waals surface area (Å²) in [5.41, 5.74) is 0. The third-order valence-electron chi connectivity index (χ3n) is 0.304. The fourth-order valence-electron chi connectivity index (χ4n) is 0.111. The fourth-order valence-corrected chi connectivity index (χ4v) is 0.111. The summed E-state index contributed by atoms with van der Waals surface area (Å²) < 4.78 is 0. The molecule has 0 aliphatic carbocycles. The van der Waals surface area contributed by atoms with Crippen LogP contribution in [0.1, 0.15) is 0 Å². The van der Waals surface area contributed by atoms with Crippen molar-refractivity contribution in [3.63, 3.8) is 0 Å². The predicted molar refractivity (Wildman–Crippen MR) is 28.9 cm³/mol. The van der Waals surface area contributed by atoms with E-state index in [1.54, 1.807) is 6.69 Å². The van der Waals surface area contributed by atoms with Crippen molar-refractivity contribution in [2.75, 3.05) is 0 Å². The first kappa shape index (κ1) is 5.26. The Labute approximate surface area is 35.3 Å². The molecule has 0 unspecified atom stereocenters. The topological polar surface area (TPSA) is 0 Å². The van der Waals surface area contributed by atoms with E-state index in [1.165, 1.54) is 6.69 Å². The predicted octanol–water partition coefficient (Wildman–Crippen LogP) is -0.939. The van der Waals surface area contributed by atoms with E-state index in [2.05, 4.69) is 0 Å². The van der Waals surface area contributed by atoms with Gasteiger partial charge in [0.2, 0.25) is 0 Å². The molecule has 0 aliphatic heterocycles. The Morgan fingerprint density at radius 1 is 1.60 bits per heavy atom. The molecular formula is CH3B4. The standard InChI is InChI=1S/CH3B4/c1-3-5-4-2/h1H3. The molecule has 0 N–H and O–H groups in total. The zero-order valence-corrected chi connectivity index (χ0v) is 3.31. The number of hydrogen-bond donors (Lipinski definition) is 0. The van der Waals surface area contributed by atoms with Gasteiger partial charge in [-0.3, -0.25) is 0 Å². The van der Waals surface area contributed by atoms with Crippen LogP contribution in [-0.2, 0) is 0 Å². The van der Waals surface area contributed by atoms with Crippen molar-refractivity contribution in [2.45, 2.75) is 6.82 Å². The van der Waals surface area contributed by atoms with Gasteiger partial charge in [-0.05, 0) is 0 Å². The van der Waals surface area contributed by atoms with Crippen LogP contribution in [0.25, 0.3) is 0 Å². The zero-order chi connectivity index (χ0) is 4.12. The molecule has 0 aromatic heterocycles. The first-order valence-electron chi connectivity index (χ1n) is 1.58. The first-order valence-corrected chi connectivity index (χ1v) is 1.58. The zero-order valence-electron chi connectivity index (χ0n) is 3.31. The van der Waals surface area contributed by atoms with Crippen molar-refractivity contribution in [1.82, 2.24) is 0 Å². The maximum atomic E-state index is 4.93. The minimum atomic E-state index is 1.50. The van der Waals surface area contributed by atoms with Crippen LogP contribution in [0.15, 0.2) is 0 Å². The van der Waals surface area contributed by atoms with Crippen LogP contribution in [0.4, 0.5) is 0 Å². The van der Waals surface area contributed by atoms with Crippen LogP contribution in [0.3, 0.4) is 0 Å². The van der Waals surface area contributed by atoms with Gasteiger partial charge in [0.25, 0.3) is 0 Å². The van der Waals surface area contributed by atoms with E-state index in [0.717, 1.165) is 0 Å². The molecular weight excluding hydrogens is 55.3 g/mol. The van der Waals surface area contributed by atoms with Gasteiger partial charge in [0.15, 0.2) is 0 Å². The molecule has 0 amide bonds. The van der Waals surface area contributed by atoms with Gasteiger partial charge >= 0.3 is 34.4 Å². The van der Waals surface area contributed by atoms with E-state index in [4.69, 9.17) is 7.37 Å². The molecule has 19 valence electrons. The van der Waals surface area contributed by atoms with Crippen molar-refractivity contribution < 1.29 is 0 Å². The van der Waals surface area contributed by atoms with Crippen LogP contribution < -0.4 is 0 Å². The van der Waals surface area contributed by atoms with Gasteiger partial charge in [-0.25, -0.2) is 0 Å². The molecule has 0 nitrogen and oxygen atoms in total. The molecule has 0 atom stereocenters. The third kappa shape index (κ3) is 4.26. The molecule has 0 heterocycles. The fraction of sp³-hybridized carbons (Fsp3) is 1.00. The van der Waals surface area contributed by atoms with Gasteiger partial charge in [-0.2, -0.15) is 0 Å². The third-order valence-corrected chi connectivity index (χ3v) is 0.304. The van der Waals surface area contributed by atoms with Gasteiger partial charge in [0.1, 0.15) is 0 Å². The van der Waals surface area contributed by atoms with Crippen LogP contribution in [0.5, 0.6) is 0 Å². The Hall–Kier alpha value is 0.260. The molecule has 0 saturated heterocycles. The average Bonchev–Trinajstić information content (AvgIpc) is 1.41. The van der Waals surface area contributed by atoms with E-state index >= 15 is 0 Å². The van der Waals surface area contributed by atoms with Crippen LogP contribution >= 0.6 is 0 Å². The van der Waals surface area contributed by atoms with E-state index in [9.17, 15) is 0 Å². The van der Waals surface area contributed by atoms with Crippen molar-refractivity contribution in [3.8, 4) is 0 Å². The summed E-state index contributed by atoms with van der Waals surface area (Å²) in [6.07, 6.45) is 0. The molecule has 0 aromatic carbocycles. The summed E-state index contributed by atoms with van der Waals surface area (Å²) in [6.45, 7) is 7.07. The molecule has 0 rings (SSSR count). The summed E-state index contributed by atoms with van der Waals surface area (Å²) >= 11 is 0.